The van der Waals surface area contributed by atoms with Crippen molar-refractivity contribution < 1.29 is 14.3 Å². The molecule has 136 valence electrons. The number of ether oxygens (including phenoxy) is 1. The minimum absolute atomic E-state index is 0.0762. The van der Waals surface area contributed by atoms with Crippen molar-refractivity contribution in [2.45, 2.75) is 31.8 Å². The van der Waals surface area contributed by atoms with E-state index in [0.29, 0.717) is 11.7 Å². The molecule has 0 spiro atoms. The number of anilines is 1. The highest BCUT2D eigenvalue weighted by atomic mass is 32.2. The van der Waals surface area contributed by atoms with Crippen LogP contribution in [-0.4, -0.2) is 40.7 Å². The second-order valence-corrected chi connectivity index (χ2v) is 7.10. The van der Waals surface area contributed by atoms with E-state index >= 15 is 0 Å². The van der Waals surface area contributed by atoms with Crippen LogP contribution < -0.4 is 4.90 Å². The lowest BCUT2D eigenvalue weighted by atomic mass is 10.0. The summed E-state index contributed by atoms with van der Waals surface area (Å²) in [4.78, 5) is 34.6. The van der Waals surface area contributed by atoms with Gasteiger partial charge in [0.15, 0.2) is 11.8 Å². The Kier molecular flexibility index (Phi) is 5.88. The van der Waals surface area contributed by atoms with Gasteiger partial charge in [0.05, 0.1) is 5.75 Å². The van der Waals surface area contributed by atoms with Crippen LogP contribution >= 0.6 is 11.8 Å². The van der Waals surface area contributed by atoms with Crippen LogP contribution in [0.15, 0.2) is 35.5 Å². The third-order valence-electron chi connectivity index (χ3n) is 4.05. The Bertz CT molecular complexity index is 805. The summed E-state index contributed by atoms with van der Waals surface area (Å²) in [5, 5.41) is 0.538. The molecule has 26 heavy (non-hydrogen) atoms. The normalized spacial score (nSPS) is 13.2. The number of benzene rings is 1. The van der Waals surface area contributed by atoms with Crippen molar-refractivity contribution in [2.24, 2.45) is 0 Å². The molecule has 0 saturated heterocycles. The van der Waals surface area contributed by atoms with Gasteiger partial charge in [-0.25, -0.2) is 9.97 Å². The molecular weight excluding hydrogens is 350 g/mol. The van der Waals surface area contributed by atoms with Gasteiger partial charge in [0.1, 0.15) is 0 Å². The third-order valence-corrected chi connectivity index (χ3v) is 4.87. The highest BCUT2D eigenvalue weighted by Gasteiger charge is 2.23. The lowest BCUT2D eigenvalue weighted by molar-refractivity contribution is -0.145. The zero-order valence-electron chi connectivity index (χ0n) is 14.9. The molecule has 0 radical (unpaired) electrons. The highest BCUT2D eigenvalue weighted by molar-refractivity contribution is 7.99. The van der Waals surface area contributed by atoms with Crippen molar-refractivity contribution >= 4 is 29.3 Å². The summed E-state index contributed by atoms with van der Waals surface area (Å²) < 4.78 is 5.15. The molecule has 0 bridgehead atoms. The van der Waals surface area contributed by atoms with Crippen LogP contribution in [0.5, 0.6) is 0 Å². The minimum atomic E-state index is -0.448. The van der Waals surface area contributed by atoms with Crippen molar-refractivity contribution in [3.63, 3.8) is 0 Å². The first-order valence-electron chi connectivity index (χ1n) is 8.52. The zero-order valence-corrected chi connectivity index (χ0v) is 15.7. The maximum atomic E-state index is 12.4. The number of hydrogen-bond acceptors (Lipinski definition) is 6. The predicted octanol–water partition coefficient (Wildman–Crippen LogP) is 2.71. The smallest absolute Gasteiger partial charge is 0.316 e. The molecule has 0 N–H and O–H groups in total. The minimum Gasteiger partial charge on any atom is -0.455 e. The Balaban J connectivity index is 1.51. The van der Waals surface area contributed by atoms with Crippen LogP contribution in [0, 0.1) is 13.8 Å². The van der Waals surface area contributed by atoms with E-state index in [1.54, 1.807) is 4.90 Å². The van der Waals surface area contributed by atoms with E-state index in [0.717, 1.165) is 35.5 Å². The van der Waals surface area contributed by atoms with Crippen molar-refractivity contribution in [1.82, 2.24) is 9.97 Å². The number of nitrogens with zero attached hydrogens (tertiary/aromatic N) is 3. The van der Waals surface area contributed by atoms with Crippen LogP contribution in [0.1, 0.15) is 23.4 Å². The SMILES string of the molecule is Cc1cc(C)nc(SCC(=O)OCC(=O)N2CCCc3ccccc32)n1. The molecule has 3 rings (SSSR count). The fourth-order valence-corrected chi connectivity index (χ4v) is 3.68. The molecule has 1 aliphatic rings. The summed E-state index contributed by atoms with van der Waals surface area (Å²) in [6.07, 6.45) is 1.88. The molecule has 0 unspecified atom stereocenters. The largest absolute Gasteiger partial charge is 0.455 e. The quantitative estimate of drug-likeness (QED) is 0.457. The number of rotatable bonds is 5. The van der Waals surface area contributed by atoms with E-state index in [9.17, 15) is 9.59 Å². The summed E-state index contributed by atoms with van der Waals surface area (Å²) in [6.45, 7) is 4.17. The fraction of sp³-hybridized carbons (Fsp3) is 0.368. The third kappa shape index (κ3) is 4.60. The van der Waals surface area contributed by atoms with Gasteiger partial charge in [-0.3, -0.25) is 9.59 Å². The molecule has 1 aliphatic heterocycles. The first kappa shape index (κ1) is 18.4. The summed E-state index contributed by atoms with van der Waals surface area (Å²) in [5.41, 5.74) is 3.78. The number of para-hydroxylation sites is 1. The van der Waals surface area contributed by atoms with Gasteiger partial charge in [-0.1, -0.05) is 30.0 Å². The van der Waals surface area contributed by atoms with E-state index in [2.05, 4.69) is 9.97 Å². The molecule has 6 nitrogen and oxygen atoms in total. The van der Waals surface area contributed by atoms with Crippen LogP contribution in [0.4, 0.5) is 5.69 Å². The van der Waals surface area contributed by atoms with E-state index in [1.807, 2.05) is 44.2 Å². The second kappa shape index (κ2) is 8.31. The number of carbonyl (C=O) groups is 2. The molecule has 2 aromatic rings. The topological polar surface area (TPSA) is 72.4 Å². The molecule has 0 saturated carbocycles. The summed E-state index contributed by atoms with van der Waals surface area (Å²) in [7, 11) is 0. The number of carbonyl (C=O) groups excluding carboxylic acids is 2. The van der Waals surface area contributed by atoms with Gasteiger partial charge >= 0.3 is 5.97 Å². The molecule has 7 heteroatoms. The maximum Gasteiger partial charge on any atom is 0.316 e. The number of hydrogen-bond donors (Lipinski definition) is 0. The lowest BCUT2D eigenvalue weighted by Crippen LogP contribution is -2.38. The molecule has 1 aromatic carbocycles. The predicted molar refractivity (Wildman–Crippen MR) is 100 cm³/mol. The van der Waals surface area contributed by atoms with Gasteiger partial charge in [0, 0.05) is 23.6 Å². The van der Waals surface area contributed by atoms with Crippen LogP contribution in [-0.2, 0) is 20.7 Å². The summed E-state index contributed by atoms with van der Waals surface area (Å²) in [5.74, 6) is -0.568. The van der Waals surface area contributed by atoms with E-state index in [1.165, 1.54) is 11.8 Å². The van der Waals surface area contributed by atoms with Crippen LogP contribution in [0.2, 0.25) is 0 Å². The molecule has 1 aromatic heterocycles. The Morgan fingerprint density at radius 2 is 1.92 bits per heavy atom. The van der Waals surface area contributed by atoms with E-state index < -0.39 is 5.97 Å². The zero-order chi connectivity index (χ0) is 18.5. The molecule has 0 atom stereocenters. The first-order chi connectivity index (χ1) is 12.5. The molecule has 1 amide bonds. The monoisotopic (exact) mass is 371 g/mol. The van der Waals surface area contributed by atoms with Crippen LogP contribution in [0.3, 0.4) is 0 Å². The van der Waals surface area contributed by atoms with Crippen molar-refractivity contribution in [3.05, 3.63) is 47.3 Å². The second-order valence-electron chi connectivity index (χ2n) is 6.16. The number of aromatic nitrogens is 2. The van der Waals surface area contributed by atoms with Gasteiger partial charge in [-0.2, -0.15) is 0 Å². The van der Waals surface area contributed by atoms with Gasteiger partial charge in [-0.15, -0.1) is 0 Å². The molecule has 2 heterocycles. The highest BCUT2D eigenvalue weighted by Crippen LogP contribution is 2.26. The van der Waals surface area contributed by atoms with Crippen molar-refractivity contribution in [3.8, 4) is 0 Å². The molecular formula is C19H21N3O3S. The number of fused-ring (bicyclic) bond motifs is 1. The maximum absolute atomic E-state index is 12.4. The number of esters is 1. The van der Waals surface area contributed by atoms with Gasteiger partial charge in [0.25, 0.3) is 5.91 Å². The van der Waals surface area contributed by atoms with Crippen LogP contribution in [0.25, 0.3) is 0 Å². The number of thioether (sulfide) groups is 1. The fourth-order valence-electron chi connectivity index (χ4n) is 2.94. The van der Waals surface area contributed by atoms with E-state index in [4.69, 9.17) is 4.74 Å². The Hall–Kier alpha value is -2.41. The Labute approximate surface area is 157 Å². The summed E-state index contributed by atoms with van der Waals surface area (Å²) in [6, 6.07) is 9.72. The van der Waals surface area contributed by atoms with Gasteiger partial charge in [-0.05, 0) is 44.4 Å². The lowest BCUT2D eigenvalue weighted by Gasteiger charge is -2.29. The molecule has 0 fully saturated rings. The molecule has 0 aliphatic carbocycles. The van der Waals surface area contributed by atoms with E-state index in [-0.39, 0.29) is 18.3 Å². The van der Waals surface area contributed by atoms with Crippen molar-refractivity contribution in [1.29, 1.82) is 0 Å². The number of aryl methyl sites for hydroxylation is 3. The van der Waals surface area contributed by atoms with Gasteiger partial charge in [0.2, 0.25) is 0 Å². The average molecular weight is 371 g/mol. The van der Waals surface area contributed by atoms with Gasteiger partial charge < -0.3 is 9.64 Å². The Morgan fingerprint density at radius 3 is 2.69 bits per heavy atom. The Morgan fingerprint density at radius 1 is 1.19 bits per heavy atom. The van der Waals surface area contributed by atoms with Crippen molar-refractivity contribution in [2.75, 3.05) is 23.8 Å². The number of amides is 1. The standard InChI is InChI=1S/C19H21N3O3S/c1-13-10-14(2)21-19(20-13)26-12-18(24)25-11-17(23)22-9-5-7-15-6-3-4-8-16(15)22/h3-4,6,8,10H,5,7,9,11-12H2,1-2H3. The first-order valence-corrected chi connectivity index (χ1v) is 9.50. The summed E-state index contributed by atoms with van der Waals surface area (Å²) >= 11 is 1.21. The average Bonchev–Trinajstić information content (AvgIpc) is 2.63.